The van der Waals surface area contributed by atoms with Crippen molar-refractivity contribution in [3.05, 3.63) is 35.6 Å². The van der Waals surface area contributed by atoms with Crippen molar-refractivity contribution in [1.29, 1.82) is 0 Å². The third kappa shape index (κ3) is 5.13. The summed E-state index contributed by atoms with van der Waals surface area (Å²) in [6, 6.07) is 7.16. The lowest BCUT2D eigenvalue weighted by molar-refractivity contribution is -0.121. The molecule has 1 fully saturated rings. The minimum Gasteiger partial charge on any atom is -0.355 e. The van der Waals surface area contributed by atoms with E-state index in [9.17, 15) is 9.18 Å². The average molecular weight is 296 g/mol. The number of nitrogens with one attached hydrogen (secondary N) is 2. The van der Waals surface area contributed by atoms with Crippen molar-refractivity contribution in [3.8, 4) is 0 Å². The van der Waals surface area contributed by atoms with Gasteiger partial charge in [0.2, 0.25) is 5.91 Å². The maximum absolute atomic E-state index is 13.4. The van der Waals surface area contributed by atoms with Crippen LogP contribution in [0.2, 0.25) is 0 Å². The molecule has 1 aliphatic heterocycles. The van der Waals surface area contributed by atoms with E-state index in [0.29, 0.717) is 24.8 Å². The van der Waals surface area contributed by atoms with Crippen LogP contribution in [-0.2, 0) is 10.5 Å². The zero-order chi connectivity index (χ0) is 14.2. The fourth-order valence-corrected chi connectivity index (χ4v) is 3.13. The summed E-state index contributed by atoms with van der Waals surface area (Å²) < 4.78 is 13.4. The van der Waals surface area contributed by atoms with Crippen molar-refractivity contribution in [2.45, 2.75) is 31.1 Å². The highest BCUT2D eigenvalue weighted by Crippen LogP contribution is 2.14. The lowest BCUT2D eigenvalue weighted by Gasteiger charge is -2.10. The van der Waals surface area contributed by atoms with Crippen LogP contribution in [0, 0.1) is 5.82 Å². The SMILES string of the molecule is O=C(CC1CCCN1)NCCSCc1ccccc1F. The summed E-state index contributed by atoms with van der Waals surface area (Å²) in [6.45, 7) is 1.67. The molecule has 1 heterocycles. The van der Waals surface area contributed by atoms with E-state index < -0.39 is 0 Å². The molecule has 0 spiro atoms. The summed E-state index contributed by atoms with van der Waals surface area (Å²) in [5.74, 6) is 1.40. The molecule has 0 aromatic heterocycles. The molecular formula is C15H21FN2OS. The van der Waals surface area contributed by atoms with Gasteiger partial charge in [-0.2, -0.15) is 11.8 Å². The molecule has 0 bridgehead atoms. The molecule has 1 saturated heterocycles. The maximum atomic E-state index is 13.4. The quantitative estimate of drug-likeness (QED) is 0.759. The predicted molar refractivity (Wildman–Crippen MR) is 81.2 cm³/mol. The van der Waals surface area contributed by atoms with E-state index in [1.807, 2.05) is 6.07 Å². The summed E-state index contributed by atoms with van der Waals surface area (Å²) in [5, 5.41) is 6.23. The van der Waals surface area contributed by atoms with Crippen molar-refractivity contribution < 1.29 is 9.18 Å². The van der Waals surface area contributed by atoms with Crippen LogP contribution in [0.4, 0.5) is 4.39 Å². The van der Waals surface area contributed by atoms with Crippen LogP contribution in [0.3, 0.4) is 0 Å². The Labute approximate surface area is 123 Å². The standard InChI is InChI=1S/C15H21FN2OS/c16-14-6-2-1-4-12(14)11-20-9-8-18-15(19)10-13-5-3-7-17-13/h1-2,4,6,13,17H,3,5,7-11H2,(H,18,19). The molecule has 5 heteroatoms. The molecule has 110 valence electrons. The van der Waals surface area contributed by atoms with Gasteiger partial charge in [0, 0.05) is 30.5 Å². The van der Waals surface area contributed by atoms with Gasteiger partial charge >= 0.3 is 0 Å². The zero-order valence-electron chi connectivity index (χ0n) is 11.5. The van der Waals surface area contributed by atoms with Gasteiger partial charge in [-0.1, -0.05) is 18.2 Å². The van der Waals surface area contributed by atoms with Gasteiger partial charge in [-0.3, -0.25) is 4.79 Å². The van der Waals surface area contributed by atoms with Gasteiger partial charge in [0.1, 0.15) is 5.82 Å². The Kier molecular flexibility index (Phi) is 6.33. The molecule has 1 atom stereocenters. The first-order valence-electron chi connectivity index (χ1n) is 7.07. The molecule has 2 rings (SSSR count). The lowest BCUT2D eigenvalue weighted by atomic mass is 10.1. The summed E-state index contributed by atoms with van der Waals surface area (Å²) in [5.41, 5.74) is 0.721. The molecule has 1 amide bonds. The van der Waals surface area contributed by atoms with Crippen molar-refractivity contribution in [2.75, 3.05) is 18.8 Å². The number of carbonyl (C=O) groups excluding carboxylic acids is 1. The number of benzene rings is 1. The van der Waals surface area contributed by atoms with Crippen LogP contribution < -0.4 is 10.6 Å². The largest absolute Gasteiger partial charge is 0.355 e. The molecule has 0 aliphatic carbocycles. The Bertz CT molecular complexity index is 436. The van der Waals surface area contributed by atoms with Gasteiger partial charge in [-0.25, -0.2) is 4.39 Å². The van der Waals surface area contributed by atoms with E-state index in [2.05, 4.69) is 10.6 Å². The first-order valence-corrected chi connectivity index (χ1v) is 8.22. The topological polar surface area (TPSA) is 41.1 Å². The molecular weight excluding hydrogens is 275 g/mol. The molecule has 3 nitrogen and oxygen atoms in total. The minimum atomic E-state index is -0.156. The minimum absolute atomic E-state index is 0.107. The molecule has 20 heavy (non-hydrogen) atoms. The second-order valence-corrected chi connectivity index (χ2v) is 6.10. The number of rotatable bonds is 7. The highest BCUT2D eigenvalue weighted by molar-refractivity contribution is 7.98. The van der Waals surface area contributed by atoms with Crippen molar-refractivity contribution in [3.63, 3.8) is 0 Å². The Morgan fingerprint density at radius 2 is 2.30 bits per heavy atom. The molecule has 1 unspecified atom stereocenters. The molecule has 0 saturated carbocycles. The number of hydrogen-bond acceptors (Lipinski definition) is 3. The van der Waals surface area contributed by atoms with Crippen molar-refractivity contribution in [1.82, 2.24) is 10.6 Å². The Morgan fingerprint density at radius 1 is 1.45 bits per heavy atom. The van der Waals surface area contributed by atoms with Crippen molar-refractivity contribution >= 4 is 17.7 Å². The van der Waals surface area contributed by atoms with Gasteiger partial charge in [-0.05, 0) is 31.0 Å². The van der Waals surface area contributed by atoms with Crippen LogP contribution in [0.15, 0.2) is 24.3 Å². The normalized spacial score (nSPS) is 18.1. The number of thioether (sulfide) groups is 1. The third-order valence-electron chi connectivity index (χ3n) is 3.38. The smallest absolute Gasteiger partial charge is 0.221 e. The van der Waals surface area contributed by atoms with E-state index in [4.69, 9.17) is 0 Å². The van der Waals surface area contributed by atoms with Gasteiger partial charge in [0.15, 0.2) is 0 Å². The van der Waals surface area contributed by atoms with E-state index in [1.54, 1.807) is 23.9 Å². The number of amides is 1. The lowest BCUT2D eigenvalue weighted by Crippen LogP contribution is -2.32. The van der Waals surface area contributed by atoms with E-state index in [-0.39, 0.29) is 11.7 Å². The predicted octanol–water partition coefficient (Wildman–Crippen LogP) is 2.32. The average Bonchev–Trinajstić information content (AvgIpc) is 2.93. The van der Waals surface area contributed by atoms with Gasteiger partial charge in [-0.15, -0.1) is 0 Å². The monoisotopic (exact) mass is 296 g/mol. The molecule has 1 aliphatic rings. The van der Waals surface area contributed by atoms with Crippen LogP contribution >= 0.6 is 11.8 Å². The Morgan fingerprint density at radius 3 is 3.05 bits per heavy atom. The Balaban J connectivity index is 1.55. The third-order valence-corrected chi connectivity index (χ3v) is 4.39. The highest BCUT2D eigenvalue weighted by Gasteiger charge is 2.16. The molecule has 1 aromatic rings. The summed E-state index contributed by atoms with van der Waals surface area (Å²) in [4.78, 5) is 11.7. The van der Waals surface area contributed by atoms with Crippen LogP contribution in [0.5, 0.6) is 0 Å². The number of hydrogen-bond donors (Lipinski definition) is 2. The number of carbonyl (C=O) groups is 1. The van der Waals surface area contributed by atoms with Crippen LogP contribution in [0.1, 0.15) is 24.8 Å². The van der Waals surface area contributed by atoms with E-state index in [1.165, 1.54) is 6.07 Å². The Hall–Kier alpha value is -1.07. The molecule has 1 aromatic carbocycles. The fraction of sp³-hybridized carbons (Fsp3) is 0.533. The molecule has 0 radical (unpaired) electrons. The van der Waals surface area contributed by atoms with Gasteiger partial charge in [0.25, 0.3) is 0 Å². The maximum Gasteiger partial charge on any atom is 0.221 e. The van der Waals surface area contributed by atoms with Crippen molar-refractivity contribution in [2.24, 2.45) is 0 Å². The molecule has 2 N–H and O–H groups in total. The first kappa shape index (κ1) is 15.3. The number of halogens is 1. The fourth-order valence-electron chi connectivity index (χ4n) is 2.29. The van der Waals surface area contributed by atoms with Crippen LogP contribution in [-0.4, -0.2) is 30.8 Å². The zero-order valence-corrected chi connectivity index (χ0v) is 12.3. The van der Waals surface area contributed by atoms with Gasteiger partial charge < -0.3 is 10.6 Å². The van der Waals surface area contributed by atoms with E-state index >= 15 is 0 Å². The second-order valence-electron chi connectivity index (χ2n) is 4.99. The first-order chi connectivity index (χ1) is 9.75. The van der Waals surface area contributed by atoms with Gasteiger partial charge in [0.05, 0.1) is 0 Å². The summed E-state index contributed by atoms with van der Waals surface area (Å²) in [7, 11) is 0. The van der Waals surface area contributed by atoms with Crippen LogP contribution in [0.25, 0.3) is 0 Å². The second kappa shape index (κ2) is 8.27. The summed E-state index contributed by atoms with van der Waals surface area (Å²) >= 11 is 1.63. The van der Waals surface area contributed by atoms with E-state index in [0.717, 1.165) is 30.7 Å². The highest BCUT2D eigenvalue weighted by atomic mass is 32.2. The summed E-state index contributed by atoms with van der Waals surface area (Å²) in [6.07, 6.45) is 2.82.